The molecule has 2 aromatic carbocycles. The molecule has 0 aromatic heterocycles. The van der Waals surface area contributed by atoms with E-state index in [0.717, 1.165) is 30.6 Å². The van der Waals surface area contributed by atoms with Crippen LogP contribution in [0.2, 0.25) is 0 Å². The summed E-state index contributed by atoms with van der Waals surface area (Å²) in [4.78, 5) is 14.3. The zero-order chi connectivity index (χ0) is 16.8. The van der Waals surface area contributed by atoms with E-state index in [1.165, 1.54) is 0 Å². The van der Waals surface area contributed by atoms with Gasteiger partial charge in [-0.15, -0.1) is 0 Å². The molecule has 0 bridgehead atoms. The molecule has 1 saturated heterocycles. The Morgan fingerprint density at radius 2 is 2.00 bits per heavy atom. The number of para-hydroxylation sites is 1. The number of amides is 1. The molecule has 0 spiro atoms. The molecule has 0 radical (unpaired) electrons. The molecule has 2 N–H and O–H groups in total. The van der Waals surface area contributed by atoms with Crippen molar-refractivity contribution in [3.63, 3.8) is 0 Å². The number of nitrogens with zero attached hydrogens (tertiary/aromatic N) is 1. The predicted molar refractivity (Wildman–Crippen MR) is 96.8 cm³/mol. The first kappa shape index (κ1) is 16.1. The van der Waals surface area contributed by atoms with Crippen molar-refractivity contribution >= 4 is 17.7 Å². The van der Waals surface area contributed by atoms with Gasteiger partial charge in [0.15, 0.2) is 0 Å². The molecule has 1 aliphatic rings. The summed E-state index contributed by atoms with van der Waals surface area (Å²) in [7, 11) is 0. The first-order chi connectivity index (χ1) is 11.7. The second kappa shape index (κ2) is 7.68. The average Bonchev–Trinajstić information content (AvgIpc) is 2.61. The first-order valence-corrected chi connectivity index (χ1v) is 8.28. The number of piperidine rings is 1. The summed E-state index contributed by atoms with van der Waals surface area (Å²) in [6.07, 6.45) is 5.39. The summed E-state index contributed by atoms with van der Waals surface area (Å²) in [5.74, 6) is 0.215. The summed E-state index contributed by atoms with van der Waals surface area (Å²) >= 11 is 0. The monoisotopic (exact) mass is 322 g/mol. The maximum atomic E-state index is 12.4. The fourth-order valence-electron chi connectivity index (χ4n) is 2.97. The maximum absolute atomic E-state index is 12.4. The highest BCUT2D eigenvalue weighted by Crippen LogP contribution is 2.17. The number of hydrogen-bond acceptors (Lipinski definition) is 3. The van der Waals surface area contributed by atoms with Crippen molar-refractivity contribution < 1.29 is 9.90 Å². The highest BCUT2D eigenvalue weighted by atomic mass is 16.3. The van der Waals surface area contributed by atoms with E-state index < -0.39 is 0 Å². The Kier molecular flexibility index (Phi) is 5.16. The second-order valence-corrected chi connectivity index (χ2v) is 6.06. The molecular weight excluding hydrogens is 300 g/mol. The Balaban J connectivity index is 1.58. The van der Waals surface area contributed by atoms with Crippen LogP contribution in [-0.2, 0) is 4.79 Å². The topological polar surface area (TPSA) is 52.6 Å². The van der Waals surface area contributed by atoms with E-state index in [2.05, 4.69) is 5.32 Å². The zero-order valence-corrected chi connectivity index (χ0v) is 13.6. The lowest BCUT2D eigenvalue weighted by Crippen LogP contribution is -2.44. The van der Waals surface area contributed by atoms with Gasteiger partial charge in [0.2, 0.25) is 5.91 Å². The lowest BCUT2D eigenvalue weighted by Gasteiger charge is -2.33. The van der Waals surface area contributed by atoms with Gasteiger partial charge in [-0.1, -0.05) is 30.3 Å². The molecule has 1 heterocycles. The molecule has 2 aromatic rings. The van der Waals surface area contributed by atoms with Crippen molar-refractivity contribution in [2.24, 2.45) is 0 Å². The van der Waals surface area contributed by atoms with E-state index in [4.69, 9.17) is 0 Å². The second-order valence-electron chi connectivity index (χ2n) is 6.06. The van der Waals surface area contributed by atoms with Gasteiger partial charge in [-0.3, -0.25) is 4.79 Å². The molecule has 4 nitrogen and oxygen atoms in total. The number of benzene rings is 2. The molecule has 4 heteroatoms. The van der Waals surface area contributed by atoms with Crippen LogP contribution in [0, 0.1) is 0 Å². The largest absolute Gasteiger partial charge is 0.508 e. The number of carbonyl (C=O) groups excluding carboxylic acids is 1. The van der Waals surface area contributed by atoms with Gasteiger partial charge in [-0.2, -0.15) is 0 Å². The van der Waals surface area contributed by atoms with E-state index >= 15 is 0 Å². The van der Waals surface area contributed by atoms with Gasteiger partial charge in [-0.05, 0) is 48.7 Å². The summed E-state index contributed by atoms with van der Waals surface area (Å²) in [6, 6.07) is 17.2. The van der Waals surface area contributed by atoms with Crippen molar-refractivity contribution in [2.75, 3.05) is 18.4 Å². The summed E-state index contributed by atoms with van der Waals surface area (Å²) in [5.41, 5.74) is 1.91. The van der Waals surface area contributed by atoms with Crippen LogP contribution in [-0.4, -0.2) is 35.0 Å². The van der Waals surface area contributed by atoms with Gasteiger partial charge < -0.3 is 15.3 Å². The van der Waals surface area contributed by atoms with Crippen molar-refractivity contribution in [2.45, 2.75) is 18.9 Å². The van der Waals surface area contributed by atoms with Gasteiger partial charge in [-0.25, -0.2) is 0 Å². The number of nitrogens with one attached hydrogen (secondary N) is 1. The molecule has 0 saturated carbocycles. The van der Waals surface area contributed by atoms with Gasteiger partial charge >= 0.3 is 0 Å². The van der Waals surface area contributed by atoms with Gasteiger partial charge in [0.05, 0.1) is 0 Å². The molecule has 1 amide bonds. The normalized spacial score (nSPS) is 17.8. The van der Waals surface area contributed by atoms with Crippen molar-refractivity contribution in [3.05, 3.63) is 66.2 Å². The van der Waals surface area contributed by atoms with Gasteiger partial charge in [0.25, 0.3) is 0 Å². The molecule has 1 unspecified atom stereocenters. The third-order valence-electron chi connectivity index (χ3n) is 4.17. The Morgan fingerprint density at radius 3 is 2.79 bits per heavy atom. The number of phenols is 1. The summed E-state index contributed by atoms with van der Waals surface area (Å²) in [6.45, 7) is 1.49. The van der Waals surface area contributed by atoms with Crippen LogP contribution >= 0.6 is 0 Å². The van der Waals surface area contributed by atoms with Crippen LogP contribution in [0.15, 0.2) is 60.7 Å². The molecule has 1 aliphatic heterocycles. The number of carbonyl (C=O) groups is 1. The molecule has 3 rings (SSSR count). The smallest absolute Gasteiger partial charge is 0.246 e. The van der Waals surface area contributed by atoms with E-state index in [1.807, 2.05) is 41.3 Å². The van der Waals surface area contributed by atoms with E-state index in [9.17, 15) is 9.90 Å². The Hall–Kier alpha value is -2.75. The minimum Gasteiger partial charge on any atom is -0.508 e. The van der Waals surface area contributed by atoms with Crippen LogP contribution < -0.4 is 5.32 Å². The SMILES string of the molecule is O=C(/C=C/c1cccc(O)c1)N1CCCC(Nc2ccccc2)C1. The summed E-state index contributed by atoms with van der Waals surface area (Å²) < 4.78 is 0. The van der Waals surface area contributed by atoms with Gasteiger partial charge in [0.1, 0.15) is 5.75 Å². The molecular formula is C20H22N2O2. The van der Waals surface area contributed by atoms with Crippen molar-refractivity contribution in [1.29, 1.82) is 0 Å². The zero-order valence-electron chi connectivity index (χ0n) is 13.6. The quantitative estimate of drug-likeness (QED) is 0.847. The van der Waals surface area contributed by atoms with Crippen LogP contribution in [0.1, 0.15) is 18.4 Å². The van der Waals surface area contributed by atoms with Crippen LogP contribution in [0.25, 0.3) is 6.08 Å². The third kappa shape index (κ3) is 4.38. The van der Waals surface area contributed by atoms with Crippen LogP contribution in [0.5, 0.6) is 5.75 Å². The summed E-state index contributed by atoms with van der Waals surface area (Å²) in [5, 5.41) is 13.0. The fourth-order valence-corrected chi connectivity index (χ4v) is 2.97. The molecule has 0 aliphatic carbocycles. The number of hydrogen-bond donors (Lipinski definition) is 2. The lowest BCUT2D eigenvalue weighted by atomic mass is 10.0. The van der Waals surface area contributed by atoms with Gasteiger partial charge in [0, 0.05) is 30.9 Å². The highest BCUT2D eigenvalue weighted by Gasteiger charge is 2.22. The van der Waals surface area contributed by atoms with Crippen LogP contribution in [0.3, 0.4) is 0 Å². The van der Waals surface area contributed by atoms with E-state index in [0.29, 0.717) is 6.54 Å². The Bertz CT molecular complexity index is 713. The number of anilines is 1. The predicted octanol–water partition coefficient (Wildman–Crippen LogP) is 3.51. The number of phenolic OH excluding ortho intramolecular Hbond substituents is 1. The molecule has 1 atom stereocenters. The standard InChI is InChI=1S/C20H22N2O2/c23-19-10-4-6-16(14-19)11-12-20(24)22-13-5-9-18(15-22)21-17-7-2-1-3-8-17/h1-4,6-8,10-12,14,18,21,23H,5,9,13,15H2/b12-11+. The molecule has 1 fully saturated rings. The van der Waals surface area contributed by atoms with E-state index in [1.54, 1.807) is 30.4 Å². The number of likely N-dealkylation sites (tertiary alicyclic amines) is 1. The number of aromatic hydroxyl groups is 1. The maximum Gasteiger partial charge on any atom is 0.246 e. The van der Waals surface area contributed by atoms with Crippen molar-refractivity contribution in [3.8, 4) is 5.75 Å². The lowest BCUT2D eigenvalue weighted by molar-refractivity contribution is -0.126. The van der Waals surface area contributed by atoms with Crippen LogP contribution in [0.4, 0.5) is 5.69 Å². The van der Waals surface area contributed by atoms with E-state index in [-0.39, 0.29) is 17.7 Å². The first-order valence-electron chi connectivity index (χ1n) is 8.28. The minimum absolute atomic E-state index is 0.0119. The van der Waals surface area contributed by atoms with Crippen molar-refractivity contribution in [1.82, 2.24) is 4.90 Å². The third-order valence-corrected chi connectivity index (χ3v) is 4.17. The Labute approximate surface area is 142 Å². The molecule has 124 valence electrons. The highest BCUT2D eigenvalue weighted by molar-refractivity contribution is 5.92. The number of rotatable bonds is 4. The molecule has 24 heavy (non-hydrogen) atoms. The fraction of sp³-hybridized carbons (Fsp3) is 0.250. The average molecular weight is 322 g/mol. The minimum atomic E-state index is 0.0119. The Morgan fingerprint density at radius 1 is 1.17 bits per heavy atom.